The standard InChI is InChI=1S/C23H29N3/c1-16-19(12-20-13-22(24)23(25)14-21(16)20)11-17-7-9-26(10-8-17)15-18-5-3-2-4-6-18/h2-6,13-14,17,19H,1,7-12,15,24-25H2. The first kappa shape index (κ1) is 17.2. The van der Waals surface area contributed by atoms with Crippen LogP contribution in [0.1, 0.15) is 36.0 Å². The number of hydrogen-bond acceptors (Lipinski definition) is 3. The Morgan fingerprint density at radius 3 is 2.42 bits per heavy atom. The molecule has 0 aromatic heterocycles. The predicted molar refractivity (Wildman–Crippen MR) is 111 cm³/mol. The summed E-state index contributed by atoms with van der Waals surface area (Å²) in [5.74, 6) is 1.35. The van der Waals surface area contributed by atoms with Gasteiger partial charge in [0.15, 0.2) is 0 Å². The Morgan fingerprint density at radius 1 is 1.00 bits per heavy atom. The fourth-order valence-electron chi connectivity index (χ4n) is 4.61. The van der Waals surface area contributed by atoms with E-state index < -0.39 is 0 Å². The first-order valence-corrected chi connectivity index (χ1v) is 9.73. The summed E-state index contributed by atoms with van der Waals surface area (Å²) >= 11 is 0. The van der Waals surface area contributed by atoms with Crippen LogP contribution in [0.2, 0.25) is 0 Å². The number of nitrogen functional groups attached to an aromatic ring is 2. The van der Waals surface area contributed by atoms with Gasteiger partial charge in [-0.3, -0.25) is 4.90 Å². The van der Waals surface area contributed by atoms with E-state index in [1.54, 1.807) is 0 Å². The lowest BCUT2D eigenvalue weighted by Crippen LogP contribution is -2.33. The molecule has 0 spiro atoms. The van der Waals surface area contributed by atoms with Crippen LogP contribution in [0.25, 0.3) is 5.57 Å². The van der Waals surface area contributed by atoms with Gasteiger partial charge >= 0.3 is 0 Å². The van der Waals surface area contributed by atoms with E-state index >= 15 is 0 Å². The van der Waals surface area contributed by atoms with E-state index in [0.717, 1.165) is 18.9 Å². The maximum atomic E-state index is 5.99. The number of allylic oxidation sites excluding steroid dienone is 1. The fourth-order valence-corrected chi connectivity index (χ4v) is 4.61. The van der Waals surface area contributed by atoms with Gasteiger partial charge in [0.05, 0.1) is 11.4 Å². The van der Waals surface area contributed by atoms with Crippen molar-refractivity contribution in [3.05, 3.63) is 65.7 Å². The first-order valence-electron chi connectivity index (χ1n) is 9.73. The summed E-state index contributed by atoms with van der Waals surface area (Å²) in [6.45, 7) is 7.85. The van der Waals surface area contributed by atoms with Gasteiger partial charge in [-0.15, -0.1) is 0 Å². The highest BCUT2D eigenvalue weighted by Crippen LogP contribution is 2.42. The van der Waals surface area contributed by atoms with Gasteiger partial charge in [0.2, 0.25) is 0 Å². The molecule has 0 bridgehead atoms. The van der Waals surface area contributed by atoms with E-state index in [9.17, 15) is 0 Å². The third-order valence-electron chi connectivity index (χ3n) is 6.19. The van der Waals surface area contributed by atoms with Crippen molar-refractivity contribution in [1.29, 1.82) is 0 Å². The molecule has 1 aliphatic carbocycles. The second-order valence-electron chi connectivity index (χ2n) is 8.01. The zero-order valence-electron chi connectivity index (χ0n) is 15.5. The molecular formula is C23H29N3. The van der Waals surface area contributed by atoms with Crippen molar-refractivity contribution in [2.24, 2.45) is 11.8 Å². The molecule has 0 saturated carbocycles. The molecule has 1 saturated heterocycles. The number of rotatable bonds is 4. The Kier molecular flexibility index (Phi) is 4.73. The van der Waals surface area contributed by atoms with Crippen LogP contribution in [-0.2, 0) is 13.0 Å². The Balaban J connectivity index is 1.32. The highest BCUT2D eigenvalue weighted by Gasteiger charge is 2.30. The highest BCUT2D eigenvalue weighted by molar-refractivity contribution is 5.79. The van der Waals surface area contributed by atoms with Gasteiger partial charge in [0, 0.05) is 6.54 Å². The van der Waals surface area contributed by atoms with Crippen molar-refractivity contribution in [1.82, 2.24) is 4.90 Å². The fraction of sp³-hybridized carbons (Fsp3) is 0.391. The molecule has 136 valence electrons. The summed E-state index contributed by atoms with van der Waals surface area (Å²) in [5, 5.41) is 0. The first-order chi connectivity index (χ1) is 12.6. The summed E-state index contributed by atoms with van der Waals surface area (Å²) < 4.78 is 0. The smallest absolute Gasteiger partial charge is 0.0554 e. The molecule has 2 aromatic rings. The van der Waals surface area contributed by atoms with Crippen molar-refractivity contribution in [2.45, 2.75) is 32.2 Å². The molecule has 1 fully saturated rings. The molecule has 2 aromatic carbocycles. The summed E-state index contributed by atoms with van der Waals surface area (Å²) in [6, 6.07) is 14.9. The van der Waals surface area contributed by atoms with E-state index in [2.05, 4.69) is 47.9 Å². The molecule has 1 unspecified atom stereocenters. The predicted octanol–water partition coefficient (Wildman–Crippen LogP) is 4.34. The van der Waals surface area contributed by atoms with E-state index in [0.29, 0.717) is 17.3 Å². The van der Waals surface area contributed by atoms with Crippen molar-refractivity contribution >= 4 is 16.9 Å². The number of nitrogens with zero attached hydrogens (tertiary/aromatic N) is 1. The number of anilines is 2. The lowest BCUT2D eigenvalue weighted by atomic mass is 9.84. The van der Waals surface area contributed by atoms with Crippen LogP contribution in [0.15, 0.2) is 49.0 Å². The van der Waals surface area contributed by atoms with Crippen molar-refractivity contribution < 1.29 is 0 Å². The molecule has 4 N–H and O–H groups in total. The van der Waals surface area contributed by atoms with E-state index in [4.69, 9.17) is 11.5 Å². The quantitative estimate of drug-likeness (QED) is 0.809. The number of likely N-dealkylation sites (tertiary alicyclic amines) is 1. The molecule has 3 nitrogen and oxygen atoms in total. The Morgan fingerprint density at radius 2 is 1.69 bits per heavy atom. The SMILES string of the molecule is C=C1c2cc(N)c(N)cc2CC1CC1CCN(Cc2ccccc2)CC1. The van der Waals surface area contributed by atoms with Crippen molar-refractivity contribution in [2.75, 3.05) is 24.6 Å². The van der Waals surface area contributed by atoms with Crippen molar-refractivity contribution in [3.8, 4) is 0 Å². The zero-order valence-corrected chi connectivity index (χ0v) is 15.5. The molecule has 0 amide bonds. The molecule has 1 atom stereocenters. The second-order valence-corrected chi connectivity index (χ2v) is 8.01. The van der Waals surface area contributed by atoms with Gasteiger partial charge in [-0.25, -0.2) is 0 Å². The number of hydrogen-bond donors (Lipinski definition) is 2. The van der Waals surface area contributed by atoms with Gasteiger partial charge < -0.3 is 11.5 Å². The van der Waals surface area contributed by atoms with Gasteiger partial charge in [-0.1, -0.05) is 36.9 Å². The third-order valence-corrected chi connectivity index (χ3v) is 6.19. The minimum absolute atomic E-state index is 0.553. The Hall–Kier alpha value is -2.26. The molecule has 1 aliphatic heterocycles. The van der Waals surface area contributed by atoms with Gasteiger partial charge in [0.1, 0.15) is 0 Å². The average Bonchev–Trinajstić information content (AvgIpc) is 2.93. The van der Waals surface area contributed by atoms with Crippen LogP contribution < -0.4 is 11.5 Å². The number of benzene rings is 2. The lowest BCUT2D eigenvalue weighted by molar-refractivity contribution is 0.166. The minimum atomic E-state index is 0.553. The Bertz CT molecular complexity index is 789. The van der Waals surface area contributed by atoms with Crippen LogP contribution in [0.3, 0.4) is 0 Å². The minimum Gasteiger partial charge on any atom is -0.397 e. The average molecular weight is 348 g/mol. The maximum absolute atomic E-state index is 5.99. The van der Waals surface area contributed by atoms with E-state index in [-0.39, 0.29) is 0 Å². The van der Waals surface area contributed by atoms with Gasteiger partial charge in [-0.05, 0) is 85.0 Å². The number of fused-ring (bicyclic) bond motifs is 1. The molecule has 0 radical (unpaired) electrons. The normalized spacial score (nSPS) is 21.1. The summed E-state index contributed by atoms with van der Waals surface area (Å²) in [4.78, 5) is 2.59. The van der Waals surface area contributed by atoms with E-state index in [1.807, 2.05) is 6.07 Å². The van der Waals surface area contributed by atoms with Crippen LogP contribution in [0.5, 0.6) is 0 Å². The topological polar surface area (TPSA) is 55.3 Å². The summed E-state index contributed by atoms with van der Waals surface area (Å²) in [7, 11) is 0. The molecule has 26 heavy (non-hydrogen) atoms. The maximum Gasteiger partial charge on any atom is 0.0554 e. The summed E-state index contributed by atoms with van der Waals surface area (Å²) in [6.07, 6.45) is 4.89. The van der Waals surface area contributed by atoms with Gasteiger partial charge in [-0.2, -0.15) is 0 Å². The zero-order chi connectivity index (χ0) is 18.1. The molecule has 2 aliphatic rings. The monoisotopic (exact) mass is 347 g/mol. The molecule has 3 heteroatoms. The second kappa shape index (κ2) is 7.16. The van der Waals surface area contributed by atoms with Crippen LogP contribution in [0.4, 0.5) is 11.4 Å². The van der Waals surface area contributed by atoms with Gasteiger partial charge in [0.25, 0.3) is 0 Å². The third kappa shape index (κ3) is 3.49. The van der Waals surface area contributed by atoms with Crippen LogP contribution >= 0.6 is 0 Å². The summed E-state index contributed by atoms with van der Waals surface area (Å²) in [5.41, 5.74) is 18.6. The van der Waals surface area contributed by atoms with Crippen LogP contribution in [-0.4, -0.2) is 18.0 Å². The van der Waals surface area contributed by atoms with Crippen molar-refractivity contribution in [3.63, 3.8) is 0 Å². The van der Waals surface area contributed by atoms with E-state index in [1.165, 1.54) is 54.6 Å². The number of piperidine rings is 1. The molecule has 1 heterocycles. The molecular weight excluding hydrogens is 318 g/mol. The molecule has 4 rings (SSSR count). The Labute approximate surface area is 156 Å². The largest absolute Gasteiger partial charge is 0.397 e. The lowest BCUT2D eigenvalue weighted by Gasteiger charge is -2.33. The highest BCUT2D eigenvalue weighted by atomic mass is 15.1. The van der Waals surface area contributed by atoms with Crippen LogP contribution in [0, 0.1) is 11.8 Å². The number of nitrogens with two attached hydrogens (primary N) is 2.